The van der Waals surface area contributed by atoms with E-state index in [1.54, 1.807) is 0 Å². The molecule has 0 aliphatic carbocycles. The SMILES string of the molecule is C=C(C)c1ccccc1OC(C)CCCC. The minimum absolute atomic E-state index is 0.278. The Morgan fingerprint density at radius 2 is 2.06 bits per heavy atom. The molecule has 1 rings (SSSR count). The molecule has 1 atom stereocenters. The first-order chi connectivity index (χ1) is 7.65. The van der Waals surface area contributed by atoms with Crippen LogP contribution in [0.4, 0.5) is 0 Å². The molecule has 0 bridgehead atoms. The third-order valence-electron chi connectivity index (χ3n) is 2.64. The highest BCUT2D eigenvalue weighted by Crippen LogP contribution is 2.25. The van der Waals surface area contributed by atoms with Gasteiger partial charge in [-0.25, -0.2) is 0 Å². The zero-order valence-electron chi connectivity index (χ0n) is 10.6. The van der Waals surface area contributed by atoms with Crippen LogP contribution in [0.5, 0.6) is 5.75 Å². The third kappa shape index (κ3) is 3.73. The Morgan fingerprint density at radius 1 is 1.38 bits per heavy atom. The van der Waals surface area contributed by atoms with Gasteiger partial charge < -0.3 is 4.74 Å². The molecule has 0 aliphatic heterocycles. The fraction of sp³-hybridized carbons (Fsp3) is 0.467. The lowest BCUT2D eigenvalue weighted by atomic mass is 10.1. The van der Waals surface area contributed by atoms with Gasteiger partial charge in [-0.2, -0.15) is 0 Å². The van der Waals surface area contributed by atoms with E-state index in [0.29, 0.717) is 0 Å². The van der Waals surface area contributed by atoms with E-state index in [9.17, 15) is 0 Å². The molecular weight excluding hydrogens is 196 g/mol. The lowest BCUT2D eigenvalue weighted by molar-refractivity contribution is 0.207. The van der Waals surface area contributed by atoms with Gasteiger partial charge in [0.15, 0.2) is 0 Å². The second-order valence-electron chi connectivity index (χ2n) is 4.35. The molecule has 0 saturated heterocycles. The van der Waals surface area contributed by atoms with E-state index in [4.69, 9.17) is 4.74 Å². The summed E-state index contributed by atoms with van der Waals surface area (Å²) in [5.74, 6) is 0.957. The van der Waals surface area contributed by atoms with E-state index in [-0.39, 0.29) is 6.10 Å². The van der Waals surface area contributed by atoms with Crippen molar-refractivity contribution in [3.8, 4) is 5.75 Å². The Balaban J connectivity index is 2.69. The Hall–Kier alpha value is -1.24. The van der Waals surface area contributed by atoms with Gasteiger partial charge in [0, 0.05) is 5.56 Å². The van der Waals surface area contributed by atoms with Crippen LogP contribution in [0, 0.1) is 0 Å². The van der Waals surface area contributed by atoms with Crippen molar-refractivity contribution in [2.24, 2.45) is 0 Å². The van der Waals surface area contributed by atoms with Crippen molar-refractivity contribution < 1.29 is 4.74 Å². The van der Waals surface area contributed by atoms with Crippen molar-refractivity contribution in [3.63, 3.8) is 0 Å². The van der Waals surface area contributed by atoms with Crippen LogP contribution in [0.25, 0.3) is 5.57 Å². The minimum atomic E-state index is 0.278. The average molecular weight is 218 g/mol. The van der Waals surface area contributed by atoms with E-state index in [1.165, 1.54) is 12.8 Å². The number of hydrogen-bond acceptors (Lipinski definition) is 1. The normalized spacial score (nSPS) is 12.2. The van der Waals surface area contributed by atoms with Gasteiger partial charge in [-0.15, -0.1) is 0 Å². The maximum Gasteiger partial charge on any atom is 0.127 e. The van der Waals surface area contributed by atoms with E-state index < -0.39 is 0 Å². The van der Waals surface area contributed by atoms with Crippen LogP contribution in [0.2, 0.25) is 0 Å². The third-order valence-corrected chi connectivity index (χ3v) is 2.64. The highest BCUT2D eigenvalue weighted by Gasteiger charge is 2.07. The average Bonchev–Trinajstić information content (AvgIpc) is 2.27. The topological polar surface area (TPSA) is 9.23 Å². The molecule has 0 aromatic heterocycles. The molecule has 1 unspecified atom stereocenters. The molecule has 1 aromatic rings. The monoisotopic (exact) mass is 218 g/mol. The zero-order valence-corrected chi connectivity index (χ0v) is 10.6. The van der Waals surface area contributed by atoms with Crippen LogP contribution in [0.3, 0.4) is 0 Å². The second-order valence-corrected chi connectivity index (χ2v) is 4.35. The Labute approximate surface area is 99.1 Å². The predicted molar refractivity (Wildman–Crippen MR) is 70.8 cm³/mol. The minimum Gasteiger partial charge on any atom is -0.490 e. The van der Waals surface area contributed by atoms with Gasteiger partial charge >= 0.3 is 0 Å². The molecular formula is C15H22O. The number of benzene rings is 1. The number of unbranched alkanes of at least 4 members (excludes halogenated alkanes) is 1. The number of allylic oxidation sites excluding steroid dienone is 1. The lowest BCUT2D eigenvalue weighted by Gasteiger charge is -2.17. The number of para-hydroxylation sites is 1. The van der Waals surface area contributed by atoms with Crippen LogP contribution in [-0.2, 0) is 0 Å². The van der Waals surface area contributed by atoms with Crippen LogP contribution in [0.1, 0.15) is 45.6 Å². The van der Waals surface area contributed by atoms with Crippen LogP contribution < -0.4 is 4.74 Å². The fourth-order valence-corrected chi connectivity index (χ4v) is 1.69. The summed E-state index contributed by atoms with van der Waals surface area (Å²) < 4.78 is 5.95. The van der Waals surface area contributed by atoms with Gasteiger partial charge in [-0.05, 0) is 31.9 Å². The van der Waals surface area contributed by atoms with Gasteiger partial charge in [0.25, 0.3) is 0 Å². The van der Waals surface area contributed by atoms with E-state index >= 15 is 0 Å². The molecule has 0 radical (unpaired) electrons. The fourth-order valence-electron chi connectivity index (χ4n) is 1.69. The smallest absolute Gasteiger partial charge is 0.127 e. The maximum absolute atomic E-state index is 5.95. The van der Waals surface area contributed by atoms with Gasteiger partial charge in [0.05, 0.1) is 6.10 Å². The quantitative estimate of drug-likeness (QED) is 0.673. The summed E-state index contributed by atoms with van der Waals surface area (Å²) >= 11 is 0. The van der Waals surface area contributed by atoms with Crippen molar-refractivity contribution in [3.05, 3.63) is 36.4 Å². The van der Waals surface area contributed by atoms with Crippen molar-refractivity contribution in [1.82, 2.24) is 0 Å². The summed E-state index contributed by atoms with van der Waals surface area (Å²) in [5.41, 5.74) is 2.17. The van der Waals surface area contributed by atoms with Crippen molar-refractivity contribution in [2.75, 3.05) is 0 Å². The Morgan fingerprint density at radius 3 is 2.69 bits per heavy atom. The lowest BCUT2D eigenvalue weighted by Crippen LogP contribution is -2.12. The molecule has 16 heavy (non-hydrogen) atoms. The summed E-state index contributed by atoms with van der Waals surface area (Å²) in [6.45, 7) is 10.3. The first kappa shape index (κ1) is 12.8. The zero-order chi connectivity index (χ0) is 12.0. The predicted octanol–water partition coefficient (Wildman–Crippen LogP) is 4.68. The Bertz CT molecular complexity index is 341. The molecule has 0 heterocycles. The van der Waals surface area contributed by atoms with Gasteiger partial charge in [0.2, 0.25) is 0 Å². The summed E-state index contributed by atoms with van der Waals surface area (Å²) in [7, 11) is 0. The standard InChI is InChI=1S/C15H22O/c1-5-6-9-13(4)16-15-11-8-7-10-14(15)12(2)3/h7-8,10-11,13H,2,5-6,9H2,1,3-4H3. The number of hydrogen-bond donors (Lipinski definition) is 0. The van der Waals surface area contributed by atoms with Gasteiger partial charge in [-0.3, -0.25) is 0 Å². The highest BCUT2D eigenvalue weighted by molar-refractivity contribution is 5.66. The molecule has 0 saturated carbocycles. The highest BCUT2D eigenvalue weighted by atomic mass is 16.5. The largest absolute Gasteiger partial charge is 0.490 e. The molecule has 1 nitrogen and oxygen atoms in total. The van der Waals surface area contributed by atoms with Gasteiger partial charge in [-0.1, -0.05) is 44.5 Å². The number of ether oxygens (including phenoxy) is 1. The molecule has 0 N–H and O–H groups in total. The van der Waals surface area contributed by atoms with Crippen molar-refractivity contribution in [2.45, 2.75) is 46.1 Å². The molecule has 1 aromatic carbocycles. The van der Waals surface area contributed by atoms with Crippen LogP contribution >= 0.6 is 0 Å². The van der Waals surface area contributed by atoms with E-state index in [2.05, 4.69) is 26.5 Å². The van der Waals surface area contributed by atoms with E-state index in [0.717, 1.165) is 23.3 Å². The summed E-state index contributed by atoms with van der Waals surface area (Å²) in [6, 6.07) is 8.11. The molecule has 0 spiro atoms. The molecule has 1 heteroatoms. The summed E-state index contributed by atoms with van der Waals surface area (Å²) in [5, 5.41) is 0. The first-order valence-electron chi connectivity index (χ1n) is 6.06. The van der Waals surface area contributed by atoms with Crippen molar-refractivity contribution >= 4 is 5.57 Å². The summed E-state index contributed by atoms with van der Waals surface area (Å²) in [4.78, 5) is 0. The number of rotatable bonds is 6. The molecule has 88 valence electrons. The van der Waals surface area contributed by atoms with Crippen LogP contribution in [-0.4, -0.2) is 6.10 Å². The molecule has 0 aliphatic rings. The first-order valence-corrected chi connectivity index (χ1v) is 6.06. The van der Waals surface area contributed by atoms with E-state index in [1.807, 2.05) is 25.1 Å². The second kappa shape index (κ2) is 6.37. The maximum atomic E-state index is 5.95. The van der Waals surface area contributed by atoms with Crippen LogP contribution in [0.15, 0.2) is 30.8 Å². The van der Waals surface area contributed by atoms with Crippen molar-refractivity contribution in [1.29, 1.82) is 0 Å². The summed E-state index contributed by atoms with van der Waals surface area (Å²) in [6.07, 6.45) is 3.83. The Kier molecular flexibility index (Phi) is 5.10. The molecule has 0 fully saturated rings. The van der Waals surface area contributed by atoms with Gasteiger partial charge in [0.1, 0.15) is 5.75 Å². The molecule has 0 amide bonds.